The summed E-state index contributed by atoms with van der Waals surface area (Å²) >= 11 is 0. The third-order valence-electron chi connectivity index (χ3n) is 6.35. The van der Waals surface area contributed by atoms with Gasteiger partial charge < -0.3 is 25.3 Å². The van der Waals surface area contributed by atoms with E-state index in [2.05, 4.69) is 39.9 Å². The predicted molar refractivity (Wildman–Crippen MR) is 141 cm³/mol. The molecule has 3 N–H and O–H groups in total. The van der Waals surface area contributed by atoms with E-state index >= 15 is 0 Å². The van der Waals surface area contributed by atoms with Crippen molar-refractivity contribution in [3.05, 3.63) is 46.5 Å². The minimum absolute atomic E-state index is 0.0620. The minimum Gasteiger partial charge on any atom is -0.381 e. The van der Waals surface area contributed by atoms with E-state index in [-0.39, 0.29) is 23.6 Å². The Bertz CT molecular complexity index is 1230. The van der Waals surface area contributed by atoms with Crippen LogP contribution in [0.1, 0.15) is 75.2 Å². The van der Waals surface area contributed by atoms with Gasteiger partial charge >= 0.3 is 0 Å². The first-order valence-corrected chi connectivity index (χ1v) is 13.0. The van der Waals surface area contributed by atoms with Crippen molar-refractivity contribution in [3.8, 4) is 0 Å². The summed E-state index contributed by atoms with van der Waals surface area (Å²) < 4.78 is 9.10. The van der Waals surface area contributed by atoms with E-state index in [4.69, 9.17) is 4.74 Å². The van der Waals surface area contributed by atoms with E-state index in [9.17, 15) is 9.59 Å². The molecule has 1 amide bonds. The van der Waals surface area contributed by atoms with Crippen molar-refractivity contribution in [2.45, 2.75) is 70.9 Å². The van der Waals surface area contributed by atoms with Crippen LogP contribution in [-0.2, 0) is 4.74 Å². The number of hydrogen-bond donors (Lipinski definition) is 3. The van der Waals surface area contributed by atoms with Crippen molar-refractivity contribution in [1.82, 2.24) is 24.5 Å². The summed E-state index contributed by atoms with van der Waals surface area (Å²) in [7, 11) is 1.78. The molecule has 4 rings (SSSR count). The number of amides is 1. The molecule has 0 aromatic carbocycles. The number of carbonyl (C=O) groups excluding carboxylic acids is 1. The Kier molecular flexibility index (Phi) is 8.58. The second kappa shape index (κ2) is 12.0. The topological polar surface area (TPSA) is 115 Å². The Morgan fingerprint density at radius 2 is 2.06 bits per heavy atom. The number of nitrogens with zero attached hydrogens (tertiary/aromatic N) is 4. The van der Waals surface area contributed by atoms with Crippen molar-refractivity contribution in [2.75, 3.05) is 30.9 Å². The van der Waals surface area contributed by atoms with Gasteiger partial charge in [0.25, 0.3) is 11.5 Å². The molecule has 3 aromatic heterocycles. The fourth-order valence-corrected chi connectivity index (χ4v) is 4.21. The molecule has 10 nitrogen and oxygen atoms in total. The minimum atomic E-state index is -0.190. The maximum absolute atomic E-state index is 13.5. The molecule has 0 radical (unpaired) electrons. The van der Waals surface area contributed by atoms with E-state index in [0.29, 0.717) is 35.1 Å². The predicted octanol–water partition coefficient (Wildman–Crippen LogP) is 4.12. The molecule has 10 heteroatoms. The fraction of sp³-hybridized carbons (Fsp3) is 0.538. The Morgan fingerprint density at radius 1 is 1.22 bits per heavy atom. The first-order chi connectivity index (χ1) is 17.5. The number of unbranched alkanes of at least 4 members (excludes halogenated alkanes) is 1. The van der Waals surface area contributed by atoms with Crippen LogP contribution in [0.15, 0.2) is 35.4 Å². The monoisotopic (exact) mass is 495 g/mol. The quantitative estimate of drug-likeness (QED) is 0.288. The first kappa shape index (κ1) is 25.7. The summed E-state index contributed by atoms with van der Waals surface area (Å²) in [5.74, 6) is 0.919. The highest BCUT2D eigenvalue weighted by atomic mass is 16.5. The van der Waals surface area contributed by atoms with E-state index < -0.39 is 0 Å². The Morgan fingerprint density at radius 3 is 2.78 bits per heavy atom. The second-order valence-corrected chi connectivity index (χ2v) is 9.27. The van der Waals surface area contributed by atoms with Gasteiger partial charge in [0.1, 0.15) is 22.9 Å². The summed E-state index contributed by atoms with van der Waals surface area (Å²) in [4.78, 5) is 30.8. The number of rotatable bonds is 14. The average Bonchev–Trinajstić information content (AvgIpc) is 3.59. The largest absolute Gasteiger partial charge is 0.381 e. The van der Waals surface area contributed by atoms with Gasteiger partial charge in [-0.15, -0.1) is 0 Å². The van der Waals surface area contributed by atoms with Crippen LogP contribution < -0.4 is 21.5 Å². The number of fused-ring (bicyclic) bond motifs is 1. The summed E-state index contributed by atoms with van der Waals surface area (Å²) in [6.07, 6.45) is 10.2. The molecule has 1 fully saturated rings. The third kappa shape index (κ3) is 6.04. The SMILES string of the molecule is CCCC[C@H](CCOCCC)n1cccc(Nc2cc(NC)n3ncc(C(=O)NC4CC4)c3n2)c1=O. The zero-order valence-electron chi connectivity index (χ0n) is 21.4. The number of carbonyl (C=O) groups is 1. The first-order valence-electron chi connectivity index (χ1n) is 13.0. The van der Waals surface area contributed by atoms with Gasteiger partial charge in [-0.25, -0.2) is 4.98 Å². The van der Waals surface area contributed by atoms with Crippen LogP contribution in [0.3, 0.4) is 0 Å². The summed E-state index contributed by atoms with van der Waals surface area (Å²) in [6, 6.07) is 5.69. The molecule has 1 aliphatic rings. The standard InChI is InChI=1S/C26H37N7O3/c1-4-6-8-19(12-15-36-14-5-2)32-13-7-9-21(26(32)35)30-22-16-23(27-3)33-24(31-22)20(17-28-33)25(34)29-18-10-11-18/h7,9,13,16-19,27H,4-6,8,10-12,14-15H2,1-3H3,(H,29,34)(H,30,31)/t19-/m1/s1. The van der Waals surface area contributed by atoms with Crippen molar-refractivity contribution in [1.29, 1.82) is 0 Å². The molecule has 0 unspecified atom stereocenters. The molecule has 0 saturated heterocycles. The van der Waals surface area contributed by atoms with Crippen molar-refractivity contribution in [3.63, 3.8) is 0 Å². The number of nitrogens with one attached hydrogen (secondary N) is 3. The zero-order valence-corrected chi connectivity index (χ0v) is 21.4. The van der Waals surface area contributed by atoms with Crippen LogP contribution in [0.5, 0.6) is 0 Å². The highest BCUT2D eigenvalue weighted by Gasteiger charge is 2.26. The number of anilines is 3. The Labute approximate surface area is 211 Å². The second-order valence-electron chi connectivity index (χ2n) is 9.27. The van der Waals surface area contributed by atoms with Gasteiger partial charge in [-0.05, 0) is 44.2 Å². The molecule has 3 aromatic rings. The van der Waals surface area contributed by atoms with Gasteiger partial charge in [0.05, 0.1) is 6.20 Å². The van der Waals surface area contributed by atoms with Crippen molar-refractivity contribution >= 4 is 28.9 Å². The normalized spacial score (nSPS) is 14.1. The Hall–Kier alpha value is -3.40. The van der Waals surface area contributed by atoms with Gasteiger partial charge in [0, 0.05) is 44.6 Å². The third-order valence-corrected chi connectivity index (χ3v) is 6.35. The number of ether oxygens (including phenoxy) is 1. The van der Waals surface area contributed by atoms with Crippen LogP contribution in [-0.4, -0.2) is 51.4 Å². The van der Waals surface area contributed by atoms with Crippen molar-refractivity contribution < 1.29 is 9.53 Å². The highest BCUT2D eigenvalue weighted by Crippen LogP contribution is 2.24. The molecular formula is C26H37N7O3. The molecule has 1 atom stereocenters. The van der Waals surface area contributed by atoms with E-state index in [1.807, 2.05) is 12.3 Å². The molecule has 0 spiro atoms. The van der Waals surface area contributed by atoms with E-state index in [1.165, 1.54) is 6.20 Å². The van der Waals surface area contributed by atoms with Crippen LogP contribution in [0, 0.1) is 0 Å². The summed E-state index contributed by atoms with van der Waals surface area (Å²) in [6.45, 7) is 5.60. The van der Waals surface area contributed by atoms with Gasteiger partial charge in [-0.3, -0.25) is 9.59 Å². The lowest BCUT2D eigenvalue weighted by Crippen LogP contribution is -2.27. The maximum atomic E-state index is 13.5. The van der Waals surface area contributed by atoms with Crippen LogP contribution in [0.4, 0.5) is 17.3 Å². The Balaban J connectivity index is 1.61. The van der Waals surface area contributed by atoms with Gasteiger partial charge in [0.2, 0.25) is 0 Å². The van der Waals surface area contributed by atoms with E-state index in [1.54, 1.807) is 28.3 Å². The molecule has 0 aliphatic heterocycles. The lowest BCUT2D eigenvalue weighted by molar-refractivity contribution is 0.0952. The van der Waals surface area contributed by atoms with E-state index in [0.717, 1.165) is 51.6 Å². The molecule has 0 bridgehead atoms. The summed E-state index contributed by atoms with van der Waals surface area (Å²) in [5, 5.41) is 13.6. The van der Waals surface area contributed by atoms with Crippen LogP contribution >= 0.6 is 0 Å². The molecule has 194 valence electrons. The molecular weight excluding hydrogens is 458 g/mol. The van der Waals surface area contributed by atoms with Gasteiger partial charge in [-0.1, -0.05) is 26.7 Å². The molecule has 36 heavy (non-hydrogen) atoms. The molecule has 1 aliphatic carbocycles. The smallest absolute Gasteiger partial charge is 0.274 e. The lowest BCUT2D eigenvalue weighted by Gasteiger charge is -2.21. The summed E-state index contributed by atoms with van der Waals surface area (Å²) in [5.41, 5.74) is 1.14. The maximum Gasteiger partial charge on any atom is 0.274 e. The molecule has 1 saturated carbocycles. The van der Waals surface area contributed by atoms with Gasteiger partial charge in [0.15, 0.2) is 5.65 Å². The van der Waals surface area contributed by atoms with Crippen molar-refractivity contribution in [2.24, 2.45) is 0 Å². The fourth-order valence-electron chi connectivity index (χ4n) is 4.21. The number of hydrogen-bond acceptors (Lipinski definition) is 7. The van der Waals surface area contributed by atoms with Crippen LogP contribution in [0.25, 0.3) is 5.65 Å². The molecule has 3 heterocycles. The number of aromatic nitrogens is 4. The highest BCUT2D eigenvalue weighted by molar-refractivity contribution is 6.00. The van der Waals surface area contributed by atoms with Crippen LogP contribution in [0.2, 0.25) is 0 Å². The van der Waals surface area contributed by atoms with Gasteiger partial charge in [-0.2, -0.15) is 9.61 Å². The average molecular weight is 496 g/mol. The zero-order chi connectivity index (χ0) is 25.5. The lowest BCUT2D eigenvalue weighted by atomic mass is 10.1. The number of pyridine rings is 1.